The van der Waals surface area contributed by atoms with Gasteiger partial charge in [-0.15, -0.1) is 0 Å². The fourth-order valence-corrected chi connectivity index (χ4v) is 10.6. The standard InChI is InChI=1S/4C18H34O2.C6H12N2O8/c4*1-2-3-4-5-6-7-8-9-10-11-12-13-14-15-16-17-18(19)20;9-1-5(2-10,7(13)14)6(3-11,4-12)8(15)16/h4*9-10H,2-8,11-17H2,1H3,(H,19,20);9-12H,1-4H2/b4*10-9-;. The summed E-state index contributed by atoms with van der Waals surface area (Å²) in [6, 6.07) is 0. The van der Waals surface area contributed by atoms with Gasteiger partial charge in [-0.1, -0.05) is 282 Å². The summed E-state index contributed by atoms with van der Waals surface area (Å²) in [5.41, 5.74) is -5.69. The molecule has 0 bridgehead atoms. The predicted molar refractivity (Wildman–Crippen MR) is 396 cm³/mol. The molecule has 8 N–H and O–H groups in total. The summed E-state index contributed by atoms with van der Waals surface area (Å²) in [6.45, 7) is 3.47. The second kappa shape index (κ2) is 82.9. The molecule has 18 nitrogen and oxygen atoms in total. The fourth-order valence-electron chi connectivity index (χ4n) is 10.6. The molecule has 0 aliphatic heterocycles. The number of allylic oxidation sites excluding steroid dienone is 8. The molecule has 566 valence electrons. The van der Waals surface area contributed by atoms with Crippen LogP contribution in [0.1, 0.15) is 387 Å². The first-order valence-electron chi connectivity index (χ1n) is 38.7. The van der Waals surface area contributed by atoms with Crippen molar-refractivity contribution in [3.63, 3.8) is 0 Å². The molecule has 0 saturated heterocycles. The lowest BCUT2D eigenvalue weighted by molar-refractivity contribution is -0.693. The highest BCUT2D eigenvalue weighted by molar-refractivity contribution is 5.67. The number of nitrogens with zero attached hydrogens (tertiary/aromatic N) is 2. The van der Waals surface area contributed by atoms with Crippen LogP contribution in [0.15, 0.2) is 48.6 Å². The molecule has 96 heavy (non-hydrogen) atoms. The van der Waals surface area contributed by atoms with Gasteiger partial charge in [-0.25, -0.2) is 0 Å². The first-order chi connectivity index (χ1) is 46.5. The minimum atomic E-state index is -2.85. The van der Waals surface area contributed by atoms with E-state index >= 15 is 0 Å². The van der Waals surface area contributed by atoms with E-state index in [9.17, 15) is 39.4 Å². The Morgan fingerprint density at radius 3 is 0.490 bits per heavy atom. The number of carboxylic acids is 4. The lowest BCUT2D eigenvalue weighted by Gasteiger charge is -2.32. The Hall–Kier alpha value is -4.52. The molecule has 0 heterocycles. The van der Waals surface area contributed by atoms with Crippen LogP contribution in [-0.4, -0.2) is 112 Å². The Bertz CT molecular complexity index is 1590. The Labute approximate surface area is 584 Å². The number of aliphatic hydroxyl groups excluding tert-OH is 4. The number of carbonyl (C=O) groups is 4. The predicted octanol–water partition coefficient (Wildman–Crippen LogP) is 21.4. The topological polar surface area (TPSA) is 316 Å². The van der Waals surface area contributed by atoms with Crippen molar-refractivity contribution >= 4 is 23.9 Å². The van der Waals surface area contributed by atoms with Crippen LogP contribution in [0.5, 0.6) is 0 Å². The Morgan fingerprint density at radius 2 is 0.375 bits per heavy atom. The molecule has 0 radical (unpaired) electrons. The van der Waals surface area contributed by atoms with E-state index in [1.165, 1.54) is 283 Å². The molecule has 0 aliphatic rings. The second-order valence-electron chi connectivity index (χ2n) is 26.1. The van der Waals surface area contributed by atoms with Gasteiger partial charge in [0.15, 0.2) is 0 Å². The van der Waals surface area contributed by atoms with Crippen LogP contribution in [0.2, 0.25) is 0 Å². The molecule has 0 aromatic heterocycles. The average molecular weight is 1370 g/mol. The van der Waals surface area contributed by atoms with Crippen molar-refractivity contribution in [2.24, 2.45) is 0 Å². The van der Waals surface area contributed by atoms with E-state index in [4.69, 9.17) is 40.9 Å². The number of nitro groups is 2. The van der Waals surface area contributed by atoms with Gasteiger partial charge in [-0.3, -0.25) is 39.4 Å². The van der Waals surface area contributed by atoms with Gasteiger partial charge in [-0.05, 0) is 128 Å². The van der Waals surface area contributed by atoms with Crippen LogP contribution in [-0.2, 0) is 19.2 Å². The Morgan fingerprint density at radius 1 is 0.250 bits per heavy atom. The van der Waals surface area contributed by atoms with Gasteiger partial charge in [-0.2, -0.15) is 0 Å². The minimum absolute atomic E-state index is 0.332. The first-order valence-corrected chi connectivity index (χ1v) is 38.7. The molecule has 0 saturated carbocycles. The molecule has 0 spiro atoms. The number of hydrogen-bond acceptors (Lipinski definition) is 12. The fraction of sp³-hybridized carbons (Fsp3) is 0.846. The van der Waals surface area contributed by atoms with E-state index in [1.807, 2.05) is 0 Å². The van der Waals surface area contributed by atoms with Gasteiger partial charge < -0.3 is 40.9 Å². The summed E-state index contributed by atoms with van der Waals surface area (Å²) in [5.74, 6) is -2.66. The molecule has 0 aliphatic carbocycles. The average Bonchev–Trinajstić information content (AvgIpc) is 0.764. The van der Waals surface area contributed by atoms with Crippen molar-refractivity contribution in [1.82, 2.24) is 0 Å². The van der Waals surface area contributed by atoms with Crippen LogP contribution in [0.3, 0.4) is 0 Å². The van der Waals surface area contributed by atoms with Crippen molar-refractivity contribution in [1.29, 1.82) is 0 Å². The highest BCUT2D eigenvalue weighted by Crippen LogP contribution is 2.28. The quantitative estimate of drug-likeness (QED) is 0.0121. The number of unbranched alkanes of at least 4 members (excludes halogenated alkanes) is 44. The number of rotatable bonds is 67. The summed E-state index contributed by atoms with van der Waals surface area (Å²) in [5, 5.41) is 90.9. The van der Waals surface area contributed by atoms with E-state index in [0.717, 1.165) is 51.4 Å². The van der Waals surface area contributed by atoms with Crippen LogP contribution < -0.4 is 0 Å². The van der Waals surface area contributed by atoms with Gasteiger partial charge in [0.2, 0.25) is 0 Å². The SMILES string of the molecule is CCCCCCCC/C=C\CCCCCCCC(=O)O.CCCCCCCC/C=C\CCCCCCCC(=O)O.CCCCCCCC/C=C\CCCCCCCC(=O)O.CCCCCCCC/C=C\CCCCCCCC(=O)O.O=[N+]([O-])C(CO)(CO)C(CO)(CO)[N+](=O)[O-]. The zero-order valence-corrected chi connectivity index (χ0v) is 61.8. The summed E-state index contributed by atoms with van der Waals surface area (Å²) >= 11 is 0. The highest BCUT2D eigenvalue weighted by atomic mass is 16.7. The van der Waals surface area contributed by atoms with Crippen molar-refractivity contribution < 1.29 is 69.9 Å². The molecule has 0 aromatic rings. The van der Waals surface area contributed by atoms with Crippen LogP contribution >= 0.6 is 0 Å². The van der Waals surface area contributed by atoms with Gasteiger partial charge in [0, 0.05) is 35.5 Å². The van der Waals surface area contributed by atoms with E-state index in [1.54, 1.807) is 0 Å². The van der Waals surface area contributed by atoms with Crippen molar-refractivity contribution in [3.05, 3.63) is 68.8 Å². The van der Waals surface area contributed by atoms with E-state index in [0.29, 0.717) is 25.7 Å². The molecule has 0 atom stereocenters. The summed E-state index contributed by atoms with van der Waals surface area (Å²) < 4.78 is 0. The molecule has 0 unspecified atom stereocenters. The number of carboxylic acid groups (broad SMARTS) is 4. The lowest BCUT2D eigenvalue weighted by atomic mass is 9.79. The maximum atomic E-state index is 10.7. The van der Waals surface area contributed by atoms with Crippen LogP contribution in [0.4, 0.5) is 0 Å². The van der Waals surface area contributed by atoms with Crippen molar-refractivity contribution in [2.75, 3.05) is 26.4 Å². The third-order valence-electron chi connectivity index (χ3n) is 17.2. The number of aliphatic carboxylic acids is 4. The van der Waals surface area contributed by atoms with Crippen molar-refractivity contribution in [2.45, 2.75) is 398 Å². The van der Waals surface area contributed by atoms with Crippen molar-refractivity contribution in [3.8, 4) is 0 Å². The largest absolute Gasteiger partial charge is 0.481 e. The lowest BCUT2D eigenvalue weighted by Crippen LogP contribution is -2.71. The first kappa shape index (κ1) is 100. The molecular formula is C78H148N2O16. The normalized spacial score (nSPS) is 11.5. The molecule has 0 rings (SSSR count). The molecule has 0 aromatic carbocycles. The maximum absolute atomic E-state index is 10.7. The summed E-state index contributed by atoms with van der Waals surface area (Å²) in [6.07, 6.45) is 85.0. The Kier molecular flexibility index (Phi) is 86.5. The number of aliphatic hydroxyl groups is 4. The Balaban J connectivity index is -0.000000360. The van der Waals surface area contributed by atoms with Gasteiger partial charge >= 0.3 is 35.0 Å². The zero-order valence-electron chi connectivity index (χ0n) is 61.8. The van der Waals surface area contributed by atoms with Gasteiger partial charge in [0.25, 0.3) is 0 Å². The van der Waals surface area contributed by atoms with Crippen LogP contribution in [0, 0.1) is 20.2 Å². The van der Waals surface area contributed by atoms with E-state index in [2.05, 4.69) is 76.3 Å². The van der Waals surface area contributed by atoms with Gasteiger partial charge in [0.1, 0.15) is 26.4 Å². The maximum Gasteiger partial charge on any atom is 0.339 e. The minimum Gasteiger partial charge on any atom is -0.481 e. The molecule has 18 heteroatoms. The summed E-state index contributed by atoms with van der Waals surface area (Å²) in [7, 11) is 0. The van der Waals surface area contributed by atoms with Crippen LogP contribution in [0.25, 0.3) is 0 Å². The smallest absolute Gasteiger partial charge is 0.339 e. The second-order valence-corrected chi connectivity index (χ2v) is 26.1. The molecular weight excluding hydrogens is 1220 g/mol. The summed E-state index contributed by atoms with van der Waals surface area (Å²) in [4.78, 5) is 60.2. The van der Waals surface area contributed by atoms with Gasteiger partial charge in [0.05, 0.1) is 0 Å². The molecule has 0 amide bonds. The molecule has 0 fully saturated rings. The third-order valence-corrected chi connectivity index (χ3v) is 17.2. The zero-order chi connectivity index (χ0) is 72.5. The van der Waals surface area contributed by atoms with E-state index in [-0.39, 0.29) is 0 Å². The highest BCUT2D eigenvalue weighted by Gasteiger charge is 2.70. The van der Waals surface area contributed by atoms with E-state index < -0.39 is 71.2 Å². The third kappa shape index (κ3) is 75.3. The number of hydrogen-bond donors (Lipinski definition) is 8. The monoisotopic (exact) mass is 1370 g/mol.